The Labute approximate surface area is 115 Å². The van der Waals surface area contributed by atoms with Crippen LogP contribution < -0.4 is 10.1 Å². The fraction of sp³-hybridized carbons (Fsp3) is 0.600. The summed E-state index contributed by atoms with van der Waals surface area (Å²) in [5.74, 6) is 0.610. The monoisotopic (exact) mass is 269 g/mol. The Hall–Kier alpha value is -1.13. The van der Waals surface area contributed by atoms with Gasteiger partial charge >= 0.3 is 0 Å². The highest BCUT2D eigenvalue weighted by Gasteiger charge is 2.21. The number of nitrogens with one attached hydrogen (secondary N) is 1. The SMILES string of the molecule is CCNC(c1ccc(OC)cc1F)C(C)CCOC. The van der Waals surface area contributed by atoms with E-state index in [2.05, 4.69) is 12.2 Å². The first-order chi connectivity index (χ1) is 9.13. The molecule has 0 aliphatic heterocycles. The van der Waals surface area contributed by atoms with Crippen molar-refractivity contribution in [2.24, 2.45) is 5.92 Å². The number of ether oxygens (including phenoxy) is 2. The summed E-state index contributed by atoms with van der Waals surface area (Å²) < 4.78 is 24.3. The van der Waals surface area contributed by atoms with Crippen molar-refractivity contribution in [2.45, 2.75) is 26.3 Å². The second-order valence-electron chi connectivity index (χ2n) is 4.68. The third-order valence-corrected chi connectivity index (χ3v) is 3.31. The van der Waals surface area contributed by atoms with Gasteiger partial charge in [0.15, 0.2) is 0 Å². The summed E-state index contributed by atoms with van der Waals surface area (Å²) >= 11 is 0. The van der Waals surface area contributed by atoms with Gasteiger partial charge in [-0.2, -0.15) is 0 Å². The molecule has 1 rings (SSSR count). The molecule has 108 valence electrons. The number of halogens is 1. The van der Waals surface area contributed by atoms with E-state index in [0.29, 0.717) is 23.8 Å². The van der Waals surface area contributed by atoms with Gasteiger partial charge < -0.3 is 14.8 Å². The molecule has 0 aliphatic carbocycles. The topological polar surface area (TPSA) is 30.5 Å². The van der Waals surface area contributed by atoms with Gasteiger partial charge in [-0.05, 0) is 24.9 Å². The molecule has 2 atom stereocenters. The lowest BCUT2D eigenvalue weighted by atomic mass is 9.91. The van der Waals surface area contributed by atoms with Gasteiger partial charge in [0.1, 0.15) is 11.6 Å². The van der Waals surface area contributed by atoms with Gasteiger partial charge in [-0.1, -0.05) is 19.9 Å². The first kappa shape index (κ1) is 15.9. The Morgan fingerprint density at radius 1 is 1.32 bits per heavy atom. The van der Waals surface area contributed by atoms with Crippen LogP contribution in [0.4, 0.5) is 4.39 Å². The Morgan fingerprint density at radius 3 is 2.58 bits per heavy atom. The van der Waals surface area contributed by atoms with Gasteiger partial charge in [0.2, 0.25) is 0 Å². The largest absolute Gasteiger partial charge is 0.497 e. The van der Waals surface area contributed by atoms with Crippen LogP contribution in [0, 0.1) is 11.7 Å². The quantitative estimate of drug-likeness (QED) is 0.786. The molecule has 0 spiro atoms. The van der Waals surface area contributed by atoms with Crippen molar-refractivity contribution in [3.05, 3.63) is 29.6 Å². The van der Waals surface area contributed by atoms with E-state index in [1.807, 2.05) is 6.92 Å². The third kappa shape index (κ3) is 4.48. The maximum Gasteiger partial charge on any atom is 0.131 e. The standard InChI is InChI=1S/C15H24FNO2/c1-5-17-15(11(2)8-9-18-3)13-7-6-12(19-4)10-14(13)16/h6-7,10-11,15,17H,5,8-9H2,1-4H3. The van der Waals surface area contributed by atoms with Crippen LogP contribution >= 0.6 is 0 Å². The molecule has 1 aromatic carbocycles. The second kappa shape index (κ2) is 8.12. The van der Waals surface area contributed by atoms with Crippen LogP contribution in [0.5, 0.6) is 5.75 Å². The lowest BCUT2D eigenvalue weighted by Crippen LogP contribution is -2.28. The van der Waals surface area contributed by atoms with Crippen molar-refractivity contribution in [3.63, 3.8) is 0 Å². The van der Waals surface area contributed by atoms with E-state index in [9.17, 15) is 4.39 Å². The van der Waals surface area contributed by atoms with Crippen LogP contribution in [0.1, 0.15) is 31.9 Å². The Morgan fingerprint density at radius 2 is 2.05 bits per heavy atom. The highest BCUT2D eigenvalue weighted by atomic mass is 19.1. The van der Waals surface area contributed by atoms with Crippen molar-refractivity contribution < 1.29 is 13.9 Å². The number of methoxy groups -OCH3 is 2. The zero-order valence-electron chi connectivity index (χ0n) is 12.2. The fourth-order valence-corrected chi connectivity index (χ4v) is 2.20. The van der Waals surface area contributed by atoms with E-state index >= 15 is 0 Å². The fourth-order valence-electron chi connectivity index (χ4n) is 2.20. The Balaban J connectivity index is 2.91. The summed E-state index contributed by atoms with van der Waals surface area (Å²) in [4.78, 5) is 0. The number of benzene rings is 1. The summed E-state index contributed by atoms with van der Waals surface area (Å²) in [6.45, 7) is 5.61. The van der Waals surface area contributed by atoms with Gasteiger partial charge in [-0.25, -0.2) is 4.39 Å². The van der Waals surface area contributed by atoms with Gasteiger partial charge in [-0.15, -0.1) is 0 Å². The van der Waals surface area contributed by atoms with Gasteiger partial charge in [0, 0.05) is 31.4 Å². The van der Waals surface area contributed by atoms with E-state index in [4.69, 9.17) is 9.47 Å². The van der Waals surface area contributed by atoms with Crippen LogP contribution in [-0.2, 0) is 4.74 Å². The zero-order valence-corrected chi connectivity index (χ0v) is 12.2. The maximum atomic E-state index is 14.1. The van der Waals surface area contributed by atoms with E-state index < -0.39 is 0 Å². The molecule has 1 aromatic rings. The zero-order chi connectivity index (χ0) is 14.3. The normalized spacial score (nSPS) is 14.2. The minimum Gasteiger partial charge on any atom is -0.497 e. The molecule has 0 saturated carbocycles. The highest BCUT2D eigenvalue weighted by Crippen LogP contribution is 2.28. The first-order valence-corrected chi connectivity index (χ1v) is 6.69. The van der Waals surface area contributed by atoms with E-state index in [-0.39, 0.29) is 11.9 Å². The molecule has 0 fully saturated rings. The summed E-state index contributed by atoms with van der Waals surface area (Å²) in [5.41, 5.74) is 0.686. The second-order valence-corrected chi connectivity index (χ2v) is 4.68. The summed E-state index contributed by atoms with van der Waals surface area (Å²) in [7, 11) is 3.22. The van der Waals surface area contributed by atoms with Crippen molar-refractivity contribution >= 4 is 0 Å². The lowest BCUT2D eigenvalue weighted by molar-refractivity contribution is 0.170. The van der Waals surface area contributed by atoms with Crippen molar-refractivity contribution in [3.8, 4) is 5.75 Å². The minimum absolute atomic E-state index is 0.00828. The molecule has 3 nitrogen and oxygen atoms in total. The van der Waals surface area contributed by atoms with E-state index in [0.717, 1.165) is 13.0 Å². The number of hydrogen-bond acceptors (Lipinski definition) is 3. The van der Waals surface area contributed by atoms with Crippen LogP contribution in [0.2, 0.25) is 0 Å². The van der Waals surface area contributed by atoms with Crippen molar-refractivity contribution in [1.82, 2.24) is 5.32 Å². The molecule has 0 bridgehead atoms. The molecular weight excluding hydrogens is 245 g/mol. The summed E-state index contributed by atoms with van der Waals surface area (Å²) in [5, 5.41) is 3.35. The van der Waals surface area contributed by atoms with Crippen LogP contribution in [0.25, 0.3) is 0 Å². The predicted octanol–water partition coefficient (Wildman–Crippen LogP) is 3.16. The third-order valence-electron chi connectivity index (χ3n) is 3.31. The highest BCUT2D eigenvalue weighted by molar-refractivity contribution is 5.31. The molecule has 0 radical (unpaired) electrons. The van der Waals surface area contributed by atoms with Crippen LogP contribution in [0.15, 0.2) is 18.2 Å². The minimum atomic E-state index is -0.227. The molecule has 2 unspecified atom stereocenters. The number of rotatable bonds is 8. The van der Waals surface area contributed by atoms with Gasteiger partial charge in [0.05, 0.1) is 7.11 Å². The van der Waals surface area contributed by atoms with Crippen molar-refractivity contribution in [1.29, 1.82) is 0 Å². The molecule has 0 aromatic heterocycles. The Bertz CT molecular complexity index is 384. The molecule has 4 heteroatoms. The Kier molecular flexibility index (Phi) is 6.81. The maximum absolute atomic E-state index is 14.1. The van der Waals surface area contributed by atoms with Crippen molar-refractivity contribution in [2.75, 3.05) is 27.4 Å². The molecule has 0 aliphatic rings. The first-order valence-electron chi connectivity index (χ1n) is 6.69. The molecule has 0 amide bonds. The predicted molar refractivity (Wildman–Crippen MR) is 75.0 cm³/mol. The van der Waals surface area contributed by atoms with Gasteiger partial charge in [0.25, 0.3) is 0 Å². The molecular formula is C15H24FNO2. The summed E-state index contributed by atoms with van der Waals surface area (Å²) in [6, 6.07) is 5.02. The molecule has 1 N–H and O–H groups in total. The van der Waals surface area contributed by atoms with Crippen LogP contribution in [0.3, 0.4) is 0 Å². The van der Waals surface area contributed by atoms with E-state index in [1.165, 1.54) is 13.2 Å². The molecule has 0 heterocycles. The number of hydrogen-bond donors (Lipinski definition) is 1. The smallest absolute Gasteiger partial charge is 0.131 e. The van der Waals surface area contributed by atoms with Gasteiger partial charge in [-0.3, -0.25) is 0 Å². The summed E-state index contributed by atoms with van der Waals surface area (Å²) in [6.07, 6.45) is 0.889. The molecule has 0 saturated heterocycles. The lowest BCUT2D eigenvalue weighted by Gasteiger charge is -2.25. The molecule has 19 heavy (non-hydrogen) atoms. The van der Waals surface area contributed by atoms with Crippen LogP contribution in [-0.4, -0.2) is 27.4 Å². The average molecular weight is 269 g/mol. The average Bonchev–Trinajstić information content (AvgIpc) is 2.42. The van der Waals surface area contributed by atoms with E-state index in [1.54, 1.807) is 19.2 Å².